The van der Waals surface area contributed by atoms with Crippen molar-refractivity contribution >= 4 is 5.69 Å². The zero-order valence-electron chi connectivity index (χ0n) is 7.84. The lowest BCUT2D eigenvalue weighted by atomic mass is 10.3. The van der Waals surface area contributed by atoms with Gasteiger partial charge in [0.1, 0.15) is 5.82 Å². The Morgan fingerprint density at radius 1 is 1.54 bits per heavy atom. The van der Waals surface area contributed by atoms with Gasteiger partial charge in [-0.25, -0.2) is 4.39 Å². The van der Waals surface area contributed by atoms with Gasteiger partial charge in [-0.15, -0.1) is 0 Å². The van der Waals surface area contributed by atoms with Crippen LogP contribution in [0.4, 0.5) is 10.1 Å². The number of anilines is 1. The summed E-state index contributed by atoms with van der Waals surface area (Å²) >= 11 is 0. The molecule has 1 aromatic rings. The van der Waals surface area contributed by atoms with E-state index in [1.54, 1.807) is 6.20 Å². The molecule has 0 saturated heterocycles. The van der Waals surface area contributed by atoms with Gasteiger partial charge in [0.15, 0.2) is 0 Å². The number of pyridine rings is 1. The summed E-state index contributed by atoms with van der Waals surface area (Å²) in [6.45, 7) is 4.74. The monoisotopic (exact) mass is 180 g/mol. The largest absolute Gasteiger partial charge is 0.380 e. The fourth-order valence-corrected chi connectivity index (χ4v) is 0.882. The lowest BCUT2D eigenvalue weighted by Gasteiger charge is -2.02. The van der Waals surface area contributed by atoms with E-state index < -0.39 is 0 Å². The zero-order valence-corrected chi connectivity index (χ0v) is 7.84. The first-order valence-corrected chi connectivity index (χ1v) is 4.16. The highest BCUT2D eigenvalue weighted by Crippen LogP contribution is 2.06. The van der Waals surface area contributed by atoms with Gasteiger partial charge in [-0.05, 0) is 13.8 Å². The van der Waals surface area contributed by atoms with Gasteiger partial charge in [0, 0.05) is 12.6 Å². The Balaban J connectivity index is 2.50. The Labute approximate surface area is 77.5 Å². The number of allylic oxidation sites excluding steroid dienone is 1. The third-order valence-electron chi connectivity index (χ3n) is 1.52. The van der Waals surface area contributed by atoms with Gasteiger partial charge >= 0.3 is 0 Å². The van der Waals surface area contributed by atoms with Gasteiger partial charge in [-0.1, -0.05) is 11.6 Å². The molecule has 0 amide bonds. The van der Waals surface area contributed by atoms with Crippen molar-refractivity contribution in [3.8, 4) is 0 Å². The third-order valence-corrected chi connectivity index (χ3v) is 1.52. The molecule has 1 heterocycles. The van der Waals surface area contributed by atoms with Crippen LogP contribution >= 0.6 is 0 Å². The molecule has 2 nitrogen and oxygen atoms in total. The van der Waals surface area contributed by atoms with Crippen LogP contribution < -0.4 is 5.32 Å². The number of nitrogens with one attached hydrogen (secondary N) is 1. The Kier molecular flexibility index (Phi) is 3.43. The second-order valence-corrected chi connectivity index (χ2v) is 3.05. The maximum absolute atomic E-state index is 12.6. The Morgan fingerprint density at radius 3 is 2.92 bits per heavy atom. The van der Waals surface area contributed by atoms with Crippen LogP contribution in [-0.2, 0) is 0 Å². The first-order chi connectivity index (χ1) is 6.18. The maximum Gasteiger partial charge on any atom is 0.143 e. The van der Waals surface area contributed by atoms with Crippen LogP contribution in [0.25, 0.3) is 0 Å². The highest BCUT2D eigenvalue weighted by atomic mass is 19.1. The summed E-state index contributed by atoms with van der Waals surface area (Å²) in [5.41, 5.74) is 1.94. The Hall–Kier alpha value is -1.38. The standard InChI is InChI=1S/C10H13FN2/c1-8(2)3-4-13-10-5-9(11)6-12-7-10/h3,5-7,13H,4H2,1-2H3. The van der Waals surface area contributed by atoms with Crippen LogP contribution in [-0.4, -0.2) is 11.5 Å². The molecule has 0 aromatic carbocycles. The summed E-state index contributed by atoms with van der Waals surface area (Å²) in [7, 11) is 0. The van der Waals surface area contributed by atoms with Crippen molar-refractivity contribution in [1.82, 2.24) is 4.98 Å². The molecule has 0 atom stereocenters. The molecule has 1 aromatic heterocycles. The van der Waals surface area contributed by atoms with E-state index in [4.69, 9.17) is 0 Å². The van der Waals surface area contributed by atoms with Gasteiger partial charge in [0.25, 0.3) is 0 Å². The summed E-state index contributed by atoms with van der Waals surface area (Å²) in [4.78, 5) is 3.72. The molecule has 0 bridgehead atoms. The number of hydrogen-bond donors (Lipinski definition) is 1. The summed E-state index contributed by atoms with van der Waals surface area (Å²) in [5, 5.41) is 3.04. The van der Waals surface area contributed by atoms with Crippen LogP contribution in [0.5, 0.6) is 0 Å². The van der Waals surface area contributed by atoms with Gasteiger partial charge in [0.05, 0.1) is 18.1 Å². The first-order valence-electron chi connectivity index (χ1n) is 4.16. The van der Waals surface area contributed by atoms with Crippen LogP contribution in [0.3, 0.4) is 0 Å². The van der Waals surface area contributed by atoms with E-state index in [9.17, 15) is 4.39 Å². The van der Waals surface area contributed by atoms with Crippen molar-refractivity contribution in [3.05, 3.63) is 35.9 Å². The van der Waals surface area contributed by atoms with Crippen molar-refractivity contribution in [3.63, 3.8) is 0 Å². The van der Waals surface area contributed by atoms with Crippen molar-refractivity contribution in [2.24, 2.45) is 0 Å². The Morgan fingerprint density at radius 2 is 2.31 bits per heavy atom. The normalized spacial score (nSPS) is 9.46. The predicted octanol–water partition coefficient (Wildman–Crippen LogP) is 2.60. The number of halogens is 1. The quantitative estimate of drug-likeness (QED) is 0.723. The minimum absolute atomic E-state index is 0.317. The molecule has 1 rings (SSSR count). The predicted molar refractivity (Wildman–Crippen MR) is 52.1 cm³/mol. The molecular weight excluding hydrogens is 167 g/mol. The molecular formula is C10H13FN2. The minimum atomic E-state index is -0.317. The fraction of sp³-hybridized carbons (Fsp3) is 0.300. The third kappa shape index (κ3) is 3.69. The molecule has 3 heteroatoms. The molecule has 0 aliphatic heterocycles. The second-order valence-electron chi connectivity index (χ2n) is 3.05. The van der Waals surface area contributed by atoms with Gasteiger partial charge in [-0.3, -0.25) is 4.98 Å². The highest BCUT2D eigenvalue weighted by Gasteiger charge is 1.92. The number of hydrogen-bond acceptors (Lipinski definition) is 2. The van der Waals surface area contributed by atoms with Crippen molar-refractivity contribution in [2.45, 2.75) is 13.8 Å². The number of nitrogens with zero attached hydrogens (tertiary/aromatic N) is 1. The van der Waals surface area contributed by atoms with E-state index in [1.807, 2.05) is 19.9 Å². The van der Waals surface area contributed by atoms with Crippen LogP contribution in [0.1, 0.15) is 13.8 Å². The smallest absolute Gasteiger partial charge is 0.143 e. The summed E-state index contributed by atoms with van der Waals surface area (Å²) < 4.78 is 12.6. The van der Waals surface area contributed by atoms with Gasteiger partial charge < -0.3 is 5.32 Å². The van der Waals surface area contributed by atoms with Crippen LogP contribution in [0.2, 0.25) is 0 Å². The Bertz CT molecular complexity index is 304. The zero-order chi connectivity index (χ0) is 9.68. The van der Waals surface area contributed by atoms with Gasteiger partial charge in [0.2, 0.25) is 0 Å². The lowest BCUT2D eigenvalue weighted by Crippen LogP contribution is -1.99. The molecule has 0 unspecified atom stereocenters. The SMILES string of the molecule is CC(C)=CCNc1cncc(F)c1. The van der Waals surface area contributed by atoms with Crippen LogP contribution in [0, 0.1) is 5.82 Å². The van der Waals surface area contributed by atoms with Crippen molar-refractivity contribution < 1.29 is 4.39 Å². The average Bonchev–Trinajstić information content (AvgIpc) is 2.03. The van der Waals surface area contributed by atoms with E-state index >= 15 is 0 Å². The van der Waals surface area contributed by atoms with E-state index in [0.717, 1.165) is 0 Å². The molecule has 13 heavy (non-hydrogen) atoms. The van der Waals surface area contributed by atoms with Crippen molar-refractivity contribution in [1.29, 1.82) is 0 Å². The molecule has 0 fully saturated rings. The van der Waals surface area contributed by atoms with E-state index in [0.29, 0.717) is 12.2 Å². The van der Waals surface area contributed by atoms with E-state index in [2.05, 4.69) is 10.3 Å². The molecule has 1 N–H and O–H groups in total. The first kappa shape index (κ1) is 9.71. The van der Waals surface area contributed by atoms with E-state index in [1.165, 1.54) is 17.8 Å². The summed E-state index contributed by atoms with van der Waals surface area (Å²) in [6, 6.07) is 1.42. The molecule has 0 saturated carbocycles. The number of aromatic nitrogens is 1. The summed E-state index contributed by atoms with van der Waals surface area (Å²) in [6.07, 6.45) is 4.82. The fourth-order valence-electron chi connectivity index (χ4n) is 0.882. The maximum atomic E-state index is 12.6. The second kappa shape index (κ2) is 4.60. The highest BCUT2D eigenvalue weighted by molar-refractivity contribution is 5.40. The minimum Gasteiger partial charge on any atom is -0.380 e. The molecule has 0 spiro atoms. The van der Waals surface area contributed by atoms with Gasteiger partial charge in [-0.2, -0.15) is 0 Å². The molecule has 0 aliphatic carbocycles. The lowest BCUT2D eigenvalue weighted by molar-refractivity contribution is 0.622. The van der Waals surface area contributed by atoms with E-state index in [-0.39, 0.29) is 5.82 Å². The molecule has 0 aliphatic rings. The summed E-state index contributed by atoms with van der Waals surface area (Å²) in [5.74, 6) is -0.317. The topological polar surface area (TPSA) is 24.9 Å². The average molecular weight is 180 g/mol. The molecule has 70 valence electrons. The number of rotatable bonds is 3. The molecule has 0 radical (unpaired) electrons. The van der Waals surface area contributed by atoms with Crippen molar-refractivity contribution in [2.75, 3.05) is 11.9 Å². The van der Waals surface area contributed by atoms with Crippen LogP contribution in [0.15, 0.2) is 30.1 Å².